The zero-order chi connectivity index (χ0) is 14.5. The van der Waals surface area contributed by atoms with Gasteiger partial charge < -0.3 is 15.0 Å². The maximum atomic E-state index is 11.6. The zero-order valence-electron chi connectivity index (χ0n) is 13.2. The quantitative estimate of drug-likeness (QED) is 0.613. The number of piperidine rings is 1. The van der Waals surface area contributed by atoms with Crippen molar-refractivity contribution in [3.63, 3.8) is 0 Å². The van der Waals surface area contributed by atoms with Crippen LogP contribution >= 0.6 is 0 Å². The summed E-state index contributed by atoms with van der Waals surface area (Å²) in [6.07, 6.45) is 2.90. The first-order valence-corrected chi connectivity index (χ1v) is 7.31. The highest BCUT2D eigenvalue weighted by atomic mass is 16.6. The molecule has 4 nitrogen and oxygen atoms in total. The van der Waals surface area contributed by atoms with Gasteiger partial charge in [0.25, 0.3) is 0 Å². The molecular weight excluding hydrogens is 240 g/mol. The fourth-order valence-corrected chi connectivity index (χ4v) is 2.31. The lowest BCUT2D eigenvalue weighted by Crippen LogP contribution is -2.42. The number of rotatable bonds is 5. The van der Waals surface area contributed by atoms with Gasteiger partial charge in [-0.3, -0.25) is 4.79 Å². The van der Waals surface area contributed by atoms with Gasteiger partial charge in [-0.25, -0.2) is 0 Å². The molecule has 1 saturated heterocycles. The Bertz CT molecular complexity index is 289. The molecule has 0 amide bonds. The minimum atomic E-state index is -0.378. The van der Waals surface area contributed by atoms with Gasteiger partial charge in [-0.15, -0.1) is 0 Å². The van der Waals surface area contributed by atoms with Crippen LogP contribution in [0.15, 0.2) is 0 Å². The molecule has 0 radical (unpaired) electrons. The van der Waals surface area contributed by atoms with Crippen LogP contribution in [0.3, 0.4) is 0 Å². The summed E-state index contributed by atoms with van der Waals surface area (Å²) in [6, 6.07) is 0. The van der Waals surface area contributed by atoms with Gasteiger partial charge in [-0.2, -0.15) is 0 Å². The average molecular weight is 270 g/mol. The number of nitrogens with zero attached hydrogens (tertiary/aromatic N) is 1. The monoisotopic (exact) mass is 270 g/mol. The lowest BCUT2D eigenvalue weighted by molar-refractivity contribution is -0.154. The van der Waals surface area contributed by atoms with Gasteiger partial charge in [-0.05, 0) is 59.2 Å². The summed E-state index contributed by atoms with van der Waals surface area (Å²) in [7, 11) is 2.18. The third-order valence-corrected chi connectivity index (χ3v) is 3.67. The van der Waals surface area contributed by atoms with Crippen LogP contribution in [0.2, 0.25) is 0 Å². The summed E-state index contributed by atoms with van der Waals surface area (Å²) in [5, 5.41) is 3.41. The molecule has 0 aromatic rings. The van der Waals surface area contributed by atoms with Crippen molar-refractivity contribution in [3.05, 3.63) is 0 Å². The Morgan fingerprint density at radius 1 is 1.32 bits per heavy atom. The van der Waals surface area contributed by atoms with E-state index in [4.69, 9.17) is 4.74 Å². The Labute approximate surface area is 117 Å². The average Bonchev–Trinajstić information content (AvgIpc) is 2.27. The van der Waals surface area contributed by atoms with Crippen molar-refractivity contribution < 1.29 is 9.53 Å². The summed E-state index contributed by atoms with van der Waals surface area (Å²) in [5.41, 5.74) is -0.00252. The van der Waals surface area contributed by atoms with Gasteiger partial charge >= 0.3 is 5.97 Å². The van der Waals surface area contributed by atoms with Crippen molar-refractivity contribution in [1.29, 1.82) is 0 Å². The molecule has 1 N–H and O–H groups in total. The standard InChI is InChI=1S/C15H30N2O2/c1-14(2,3)19-13(18)6-9-16-12-15(4)7-10-17(5)11-8-15/h16H,6-12H2,1-5H3. The molecule has 0 aromatic carbocycles. The molecule has 0 spiro atoms. The summed E-state index contributed by atoms with van der Waals surface area (Å²) < 4.78 is 5.28. The molecule has 1 rings (SSSR count). The number of hydrogen-bond acceptors (Lipinski definition) is 4. The highest BCUT2D eigenvalue weighted by Crippen LogP contribution is 2.29. The van der Waals surface area contributed by atoms with Crippen LogP contribution in [-0.2, 0) is 9.53 Å². The predicted molar refractivity (Wildman–Crippen MR) is 78.2 cm³/mol. The number of nitrogens with one attached hydrogen (secondary N) is 1. The second-order valence-corrected chi connectivity index (χ2v) is 7.13. The number of hydrogen-bond donors (Lipinski definition) is 1. The maximum Gasteiger partial charge on any atom is 0.307 e. The Kier molecular flexibility index (Phi) is 5.81. The normalized spacial score (nSPS) is 20.3. The Morgan fingerprint density at radius 3 is 2.42 bits per heavy atom. The molecule has 1 aliphatic heterocycles. The van der Waals surface area contributed by atoms with Crippen LogP contribution in [0.4, 0.5) is 0 Å². The lowest BCUT2D eigenvalue weighted by atomic mass is 9.80. The molecule has 1 aliphatic rings. The Morgan fingerprint density at radius 2 is 1.89 bits per heavy atom. The van der Waals surface area contributed by atoms with Gasteiger partial charge in [0.1, 0.15) is 5.60 Å². The topological polar surface area (TPSA) is 41.6 Å². The third-order valence-electron chi connectivity index (χ3n) is 3.67. The largest absolute Gasteiger partial charge is 0.460 e. The van der Waals surface area contributed by atoms with E-state index in [1.54, 1.807) is 0 Å². The van der Waals surface area contributed by atoms with E-state index in [-0.39, 0.29) is 11.6 Å². The highest BCUT2D eigenvalue weighted by molar-refractivity contribution is 5.70. The number of ether oxygens (including phenoxy) is 1. The van der Waals surface area contributed by atoms with E-state index in [2.05, 4.69) is 24.2 Å². The van der Waals surface area contributed by atoms with Crippen LogP contribution < -0.4 is 5.32 Å². The molecule has 0 atom stereocenters. The second-order valence-electron chi connectivity index (χ2n) is 7.13. The SMILES string of the molecule is CN1CCC(C)(CNCCC(=O)OC(C)(C)C)CC1. The maximum absolute atomic E-state index is 11.6. The van der Waals surface area contributed by atoms with Crippen LogP contribution in [0.1, 0.15) is 47.0 Å². The van der Waals surface area contributed by atoms with Crippen LogP contribution in [-0.4, -0.2) is 49.7 Å². The molecule has 0 saturated carbocycles. The van der Waals surface area contributed by atoms with Crippen molar-refractivity contribution >= 4 is 5.97 Å². The van der Waals surface area contributed by atoms with Gasteiger partial charge in [0.2, 0.25) is 0 Å². The van der Waals surface area contributed by atoms with Crippen molar-refractivity contribution in [2.45, 2.75) is 52.6 Å². The van der Waals surface area contributed by atoms with E-state index in [0.717, 1.165) is 6.54 Å². The van der Waals surface area contributed by atoms with E-state index in [0.29, 0.717) is 18.4 Å². The fourth-order valence-electron chi connectivity index (χ4n) is 2.31. The van der Waals surface area contributed by atoms with Crippen molar-refractivity contribution in [2.24, 2.45) is 5.41 Å². The van der Waals surface area contributed by atoms with Crippen LogP contribution in [0.25, 0.3) is 0 Å². The van der Waals surface area contributed by atoms with Crippen molar-refractivity contribution in [3.8, 4) is 0 Å². The van der Waals surface area contributed by atoms with Gasteiger partial charge in [0.15, 0.2) is 0 Å². The molecule has 112 valence electrons. The zero-order valence-corrected chi connectivity index (χ0v) is 13.2. The minimum Gasteiger partial charge on any atom is -0.460 e. The van der Waals surface area contributed by atoms with E-state index < -0.39 is 0 Å². The molecule has 0 bridgehead atoms. The summed E-state index contributed by atoms with van der Waals surface area (Å²) >= 11 is 0. The van der Waals surface area contributed by atoms with Gasteiger partial charge in [0.05, 0.1) is 6.42 Å². The molecule has 0 aliphatic carbocycles. The summed E-state index contributed by atoms with van der Waals surface area (Å²) in [6.45, 7) is 12.1. The molecule has 0 unspecified atom stereocenters. The van der Waals surface area contributed by atoms with Crippen LogP contribution in [0, 0.1) is 5.41 Å². The number of carbonyl (C=O) groups is 1. The van der Waals surface area contributed by atoms with Crippen molar-refractivity contribution in [2.75, 3.05) is 33.2 Å². The van der Waals surface area contributed by atoms with Gasteiger partial charge in [0, 0.05) is 13.1 Å². The number of carbonyl (C=O) groups excluding carboxylic acids is 1. The Balaban J connectivity index is 2.15. The first-order valence-electron chi connectivity index (χ1n) is 7.31. The smallest absolute Gasteiger partial charge is 0.307 e. The Hall–Kier alpha value is -0.610. The summed E-state index contributed by atoms with van der Waals surface area (Å²) in [5.74, 6) is -0.117. The molecule has 19 heavy (non-hydrogen) atoms. The van der Waals surface area contributed by atoms with Crippen molar-refractivity contribution in [1.82, 2.24) is 10.2 Å². The van der Waals surface area contributed by atoms with E-state index in [9.17, 15) is 4.79 Å². The molecule has 0 aromatic heterocycles. The molecule has 4 heteroatoms. The van der Waals surface area contributed by atoms with E-state index >= 15 is 0 Å². The summed E-state index contributed by atoms with van der Waals surface area (Å²) in [4.78, 5) is 13.9. The highest BCUT2D eigenvalue weighted by Gasteiger charge is 2.28. The van der Waals surface area contributed by atoms with E-state index in [1.165, 1.54) is 25.9 Å². The molecule has 1 fully saturated rings. The minimum absolute atomic E-state index is 0.117. The lowest BCUT2D eigenvalue weighted by Gasteiger charge is -2.38. The third kappa shape index (κ3) is 6.92. The first kappa shape index (κ1) is 16.4. The second kappa shape index (κ2) is 6.71. The van der Waals surface area contributed by atoms with E-state index in [1.807, 2.05) is 20.8 Å². The van der Waals surface area contributed by atoms with Crippen LogP contribution in [0.5, 0.6) is 0 Å². The fraction of sp³-hybridized carbons (Fsp3) is 0.933. The molecule has 1 heterocycles. The predicted octanol–water partition coefficient (Wildman–Crippen LogP) is 2.04. The number of likely N-dealkylation sites (tertiary alicyclic amines) is 1. The van der Waals surface area contributed by atoms with Gasteiger partial charge in [-0.1, -0.05) is 6.92 Å². The first-order chi connectivity index (χ1) is 8.70. The number of esters is 1. The molecular formula is C15H30N2O2.